The van der Waals surface area contributed by atoms with E-state index in [1.54, 1.807) is 18.2 Å². The number of fused-ring (bicyclic) bond motifs is 1. The number of amides is 1. The number of ether oxygens (including phenoxy) is 2. The molecule has 2 aromatic rings. The number of nitrogens with zero attached hydrogens (tertiary/aromatic N) is 1. The number of benzene rings is 1. The van der Waals surface area contributed by atoms with Crippen molar-refractivity contribution in [2.24, 2.45) is 5.92 Å². The molecule has 4 rings (SSSR count). The molecule has 26 heavy (non-hydrogen) atoms. The summed E-state index contributed by atoms with van der Waals surface area (Å²) in [5.74, 6) is 0.148. The van der Waals surface area contributed by atoms with Gasteiger partial charge in [0.05, 0.1) is 17.2 Å². The smallest absolute Gasteiger partial charge is 0.338 e. The second-order valence-corrected chi connectivity index (χ2v) is 6.88. The summed E-state index contributed by atoms with van der Waals surface area (Å²) in [7, 11) is 0. The summed E-state index contributed by atoms with van der Waals surface area (Å²) < 4.78 is 10.7. The first-order chi connectivity index (χ1) is 12.6. The van der Waals surface area contributed by atoms with Gasteiger partial charge in [-0.2, -0.15) is 0 Å². The summed E-state index contributed by atoms with van der Waals surface area (Å²) >= 11 is 6.19. The normalized spacial score (nSPS) is 15.3. The Kier molecular flexibility index (Phi) is 4.51. The molecule has 1 fully saturated rings. The second kappa shape index (κ2) is 6.96. The van der Waals surface area contributed by atoms with Crippen LogP contribution in [0.2, 0.25) is 5.02 Å². The molecule has 0 bridgehead atoms. The number of rotatable bonds is 6. The molecule has 1 N–H and O–H groups in total. The van der Waals surface area contributed by atoms with Crippen molar-refractivity contribution in [2.75, 3.05) is 6.61 Å². The van der Waals surface area contributed by atoms with Crippen molar-refractivity contribution in [1.29, 1.82) is 0 Å². The third-order valence-electron chi connectivity index (χ3n) is 4.45. The van der Waals surface area contributed by atoms with Gasteiger partial charge in [-0.15, -0.1) is 0 Å². The van der Waals surface area contributed by atoms with Crippen molar-refractivity contribution in [1.82, 2.24) is 10.3 Å². The van der Waals surface area contributed by atoms with E-state index in [1.807, 2.05) is 6.07 Å². The second-order valence-electron chi connectivity index (χ2n) is 6.48. The van der Waals surface area contributed by atoms with Crippen LogP contribution in [0.3, 0.4) is 0 Å². The largest absolute Gasteiger partial charge is 0.477 e. The predicted molar refractivity (Wildman–Crippen MR) is 94.2 cm³/mol. The molecule has 134 valence electrons. The topological polar surface area (TPSA) is 77.5 Å². The van der Waals surface area contributed by atoms with Gasteiger partial charge in [-0.05, 0) is 42.5 Å². The van der Waals surface area contributed by atoms with Gasteiger partial charge in [0.1, 0.15) is 12.2 Å². The number of halogens is 1. The lowest BCUT2D eigenvalue weighted by molar-refractivity contribution is 0.0535. The van der Waals surface area contributed by atoms with E-state index in [1.165, 1.54) is 6.20 Å². The molecule has 7 heteroatoms. The molecule has 1 aliphatic carbocycles. The minimum absolute atomic E-state index is 0.245. The Balaban J connectivity index is 1.45. The van der Waals surface area contributed by atoms with Crippen LogP contribution in [-0.2, 0) is 17.9 Å². The highest BCUT2D eigenvalue weighted by molar-refractivity contribution is 6.34. The fraction of sp³-hybridized carbons (Fsp3) is 0.316. The third-order valence-corrected chi connectivity index (χ3v) is 4.76. The van der Waals surface area contributed by atoms with Gasteiger partial charge in [0.15, 0.2) is 0 Å². The van der Waals surface area contributed by atoms with Crippen LogP contribution in [0.15, 0.2) is 30.5 Å². The molecule has 0 unspecified atom stereocenters. The number of nitrogens with one attached hydrogen (secondary N) is 1. The molecule has 1 aromatic heterocycles. The molecular formula is C19H17ClN2O4. The fourth-order valence-corrected chi connectivity index (χ4v) is 3.01. The van der Waals surface area contributed by atoms with Crippen molar-refractivity contribution in [3.8, 4) is 5.88 Å². The monoisotopic (exact) mass is 372 g/mol. The summed E-state index contributed by atoms with van der Waals surface area (Å²) in [5, 5.41) is 3.14. The Labute approximate surface area is 155 Å². The van der Waals surface area contributed by atoms with Crippen LogP contribution in [0.4, 0.5) is 0 Å². The Hall–Kier alpha value is -2.60. The number of pyridine rings is 1. The first kappa shape index (κ1) is 16.8. The van der Waals surface area contributed by atoms with Crippen molar-refractivity contribution in [2.45, 2.75) is 26.0 Å². The molecule has 0 atom stereocenters. The average Bonchev–Trinajstić information content (AvgIpc) is 3.40. The molecular weight excluding hydrogens is 356 g/mol. The van der Waals surface area contributed by atoms with Crippen LogP contribution in [-0.4, -0.2) is 23.5 Å². The lowest BCUT2D eigenvalue weighted by Gasteiger charge is -2.12. The molecule has 1 amide bonds. The first-order valence-electron chi connectivity index (χ1n) is 8.46. The number of esters is 1. The molecule has 2 heterocycles. The molecule has 6 nitrogen and oxygen atoms in total. The number of carbonyl (C=O) groups is 2. The van der Waals surface area contributed by atoms with E-state index < -0.39 is 0 Å². The molecule has 0 radical (unpaired) electrons. The van der Waals surface area contributed by atoms with Crippen LogP contribution in [0.5, 0.6) is 5.88 Å². The van der Waals surface area contributed by atoms with Gasteiger partial charge in [-0.25, -0.2) is 9.78 Å². The molecule has 0 saturated heterocycles. The number of aromatic nitrogens is 1. The molecule has 0 spiro atoms. The lowest BCUT2D eigenvalue weighted by atomic mass is 10.1. The Bertz CT molecular complexity index is 880. The lowest BCUT2D eigenvalue weighted by Crippen LogP contribution is -2.24. The van der Waals surface area contributed by atoms with E-state index in [0.29, 0.717) is 29.7 Å². The highest BCUT2D eigenvalue weighted by Crippen LogP contribution is 2.31. The van der Waals surface area contributed by atoms with E-state index in [0.717, 1.165) is 24.0 Å². The Morgan fingerprint density at radius 2 is 2.19 bits per heavy atom. The van der Waals surface area contributed by atoms with Crippen LogP contribution >= 0.6 is 11.6 Å². The van der Waals surface area contributed by atoms with E-state index in [9.17, 15) is 9.59 Å². The van der Waals surface area contributed by atoms with E-state index >= 15 is 0 Å². The molecule has 1 aromatic carbocycles. The number of carbonyl (C=O) groups excluding carboxylic acids is 2. The quantitative estimate of drug-likeness (QED) is 0.788. The van der Waals surface area contributed by atoms with Crippen molar-refractivity contribution >= 4 is 23.5 Å². The maximum atomic E-state index is 12.6. The van der Waals surface area contributed by atoms with Gasteiger partial charge in [-0.1, -0.05) is 17.7 Å². The third kappa shape index (κ3) is 3.51. The fourth-order valence-electron chi connectivity index (χ4n) is 2.78. The summed E-state index contributed by atoms with van der Waals surface area (Å²) in [6.07, 6.45) is 3.82. The Morgan fingerprint density at radius 3 is 3.00 bits per heavy atom. The maximum Gasteiger partial charge on any atom is 0.338 e. The first-order valence-corrected chi connectivity index (χ1v) is 8.84. The predicted octanol–water partition coefficient (Wildman–Crippen LogP) is 3.12. The summed E-state index contributed by atoms with van der Waals surface area (Å²) in [4.78, 5) is 28.3. The number of hydrogen-bond donors (Lipinski definition) is 1. The maximum absolute atomic E-state index is 12.6. The number of cyclic esters (lactones) is 1. The summed E-state index contributed by atoms with van der Waals surface area (Å²) in [6.45, 7) is 1.11. The number of hydrogen-bond acceptors (Lipinski definition) is 5. The SMILES string of the molecule is O=C1OCc2cc(CNC(=O)c3c(Cl)ccnc3OCC3CC3)ccc21. The zero-order valence-electron chi connectivity index (χ0n) is 14.0. The van der Waals surface area contributed by atoms with E-state index in [2.05, 4.69) is 10.3 Å². The highest BCUT2D eigenvalue weighted by atomic mass is 35.5. The average molecular weight is 373 g/mol. The van der Waals surface area contributed by atoms with Crippen LogP contribution in [0.1, 0.15) is 44.7 Å². The van der Waals surface area contributed by atoms with Crippen molar-refractivity contribution in [3.05, 3.63) is 57.7 Å². The van der Waals surface area contributed by atoms with Gasteiger partial charge in [-0.3, -0.25) is 4.79 Å². The van der Waals surface area contributed by atoms with Gasteiger partial charge >= 0.3 is 5.97 Å². The van der Waals surface area contributed by atoms with Crippen LogP contribution in [0, 0.1) is 5.92 Å². The van der Waals surface area contributed by atoms with E-state index in [-0.39, 0.29) is 29.9 Å². The van der Waals surface area contributed by atoms with Gasteiger partial charge < -0.3 is 14.8 Å². The zero-order chi connectivity index (χ0) is 18.1. The van der Waals surface area contributed by atoms with E-state index in [4.69, 9.17) is 21.1 Å². The van der Waals surface area contributed by atoms with Gasteiger partial charge in [0.2, 0.25) is 5.88 Å². The molecule has 1 aliphatic heterocycles. The summed E-state index contributed by atoms with van der Waals surface area (Å²) in [6, 6.07) is 6.93. The minimum Gasteiger partial charge on any atom is -0.477 e. The van der Waals surface area contributed by atoms with Gasteiger partial charge in [0, 0.05) is 18.3 Å². The Morgan fingerprint density at radius 1 is 1.35 bits per heavy atom. The standard InChI is InChI=1S/C19H17ClN2O4/c20-15-5-6-21-18(25-9-11-1-2-11)16(15)17(23)22-8-12-3-4-14-13(7-12)10-26-19(14)24/h3-7,11H,1-2,8-10H2,(H,22,23). The molecule has 2 aliphatic rings. The summed E-state index contributed by atoms with van der Waals surface area (Å²) in [5.41, 5.74) is 2.52. The minimum atomic E-state index is -0.346. The van der Waals surface area contributed by atoms with Crippen LogP contribution in [0.25, 0.3) is 0 Å². The highest BCUT2D eigenvalue weighted by Gasteiger charge is 2.25. The van der Waals surface area contributed by atoms with Crippen molar-refractivity contribution < 1.29 is 19.1 Å². The van der Waals surface area contributed by atoms with Crippen molar-refractivity contribution in [3.63, 3.8) is 0 Å². The van der Waals surface area contributed by atoms with Crippen LogP contribution < -0.4 is 10.1 Å². The van der Waals surface area contributed by atoms with Gasteiger partial charge in [0.25, 0.3) is 5.91 Å². The molecule has 1 saturated carbocycles. The zero-order valence-corrected chi connectivity index (χ0v) is 14.7.